The average Bonchev–Trinajstić information content (AvgIpc) is 3.11. The van der Waals surface area contributed by atoms with Crippen molar-refractivity contribution < 1.29 is 13.9 Å². The van der Waals surface area contributed by atoms with Crippen LogP contribution in [0, 0.1) is 6.92 Å². The van der Waals surface area contributed by atoms with E-state index in [0.717, 1.165) is 51.9 Å². The molecule has 5 nitrogen and oxygen atoms in total. The second-order valence-electron chi connectivity index (χ2n) is 7.89. The standard InChI is InChI=1S/C25H24N2O3/c1-15-7-12-23(30-15)25-24-21(26-19-5-3-4-6-20(19)27-25)13-17(14-22(24)28)16-8-10-18(29-2)11-9-16/h3-12,17,25-27H,13-14H2,1-2H3. The zero-order valence-corrected chi connectivity index (χ0v) is 17.1. The number of nitrogens with one attached hydrogen (secondary N) is 2. The van der Waals surface area contributed by atoms with Crippen LogP contribution in [0.5, 0.6) is 5.75 Å². The van der Waals surface area contributed by atoms with Crippen LogP contribution in [0.2, 0.25) is 0 Å². The number of furan rings is 1. The van der Waals surface area contributed by atoms with Gasteiger partial charge in [-0.3, -0.25) is 4.79 Å². The lowest BCUT2D eigenvalue weighted by molar-refractivity contribution is -0.116. The predicted octanol–water partition coefficient (Wildman–Crippen LogP) is 5.58. The van der Waals surface area contributed by atoms with Crippen molar-refractivity contribution in [3.05, 3.63) is 89.0 Å². The van der Waals surface area contributed by atoms with Crippen molar-refractivity contribution in [3.63, 3.8) is 0 Å². The molecule has 5 rings (SSSR count). The van der Waals surface area contributed by atoms with Crippen LogP contribution in [0.4, 0.5) is 11.4 Å². The molecular weight excluding hydrogens is 376 g/mol. The van der Waals surface area contributed by atoms with Gasteiger partial charge in [0.05, 0.1) is 18.5 Å². The molecule has 0 fully saturated rings. The number of allylic oxidation sites excluding steroid dienone is 1. The van der Waals surface area contributed by atoms with E-state index in [9.17, 15) is 4.79 Å². The Labute approximate surface area is 175 Å². The van der Waals surface area contributed by atoms with E-state index in [1.165, 1.54) is 0 Å². The number of Topliss-reactive ketones (excluding diaryl/α,β-unsaturated/α-hetero) is 1. The number of aryl methyl sites for hydroxylation is 1. The monoisotopic (exact) mass is 400 g/mol. The summed E-state index contributed by atoms with van der Waals surface area (Å²) < 4.78 is 11.2. The minimum Gasteiger partial charge on any atom is -0.497 e. The number of para-hydroxylation sites is 2. The lowest BCUT2D eigenvalue weighted by Gasteiger charge is -2.29. The van der Waals surface area contributed by atoms with Crippen LogP contribution in [0.1, 0.15) is 41.9 Å². The molecule has 0 saturated carbocycles. The predicted molar refractivity (Wildman–Crippen MR) is 117 cm³/mol. The SMILES string of the molecule is COc1ccc(C2CC(=O)C3=C(C2)Nc2ccccc2NC3c2ccc(C)o2)cc1. The van der Waals surface area contributed by atoms with Gasteiger partial charge in [-0.25, -0.2) is 0 Å². The first-order chi connectivity index (χ1) is 14.6. The van der Waals surface area contributed by atoms with Gasteiger partial charge in [-0.05, 0) is 61.2 Å². The molecule has 0 amide bonds. The van der Waals surface area contributed by atoms with Crippen molar-refractivity contribution in [1.82, 2.24) is 0 Å². The van der Waals surface area contributed by atoms with Crippen LogP contribution in [-0.4, -0.2) is 12.9 Å². The molecule has 5 heteroatoms. The molecule has 0 saturated heterocycles. The van der Waals surface area contributed by atoms with Gasteiger partial charge >= 0.3 is 0 Å². The summed E-state index contributed by atoms with van der Waals surface area (Å²) in [5.41, 5.74) is 4.81. The van der Waals surface area contributed by atoms with Gasteiger partial charge in [0.15, 0.2) is 5.78 Å². The summed E-state index contributed by atoms with van der Waals surface area (Å²) in [4.78, 5) is 13.4. The van der Waals surface area contributed by atoms with Crippen molar-refractivity contribution in [2.75, 3.05) is 17.7 Å². The van der Waals surface area contributed by atoms with E-state index in [1.54, 1.807) is 7.11 Å². The van der Waals surface area contributed by atoms with E-state index >= 15 is 0 Å². The number of methoxy groups -OCH3 is 1. The van der Waals surface area contributed by atoms with Gasteiger partial charge in [0.25, 0.3) is 0 Å². The van der Waals surface area contributed by atoms with E-state index in [4.69, 9.17) is 9.15 Å². The average molecular weight is 400 g/mol. The molecular formula is C25H24N2O3. The molecule has 0 bridgehead atoms. The third-order valence-electron chi connectivity index (χ3n) is 5.94. The molecule has 2 heterocycles. The van der Waals surface area contributed by atoms with Crippen LogP contribution in [-0.2, 0) is 4.79 Å². The highest BCUT2D eigenvalue weighted by molar-refractivity contribution is 6.01. The third kappa shape index (κ3) is 3.26. The molecule has 2 aromatic carbocycles. The molecule has 1 aromatic heterocycles. The first kappa shape index (κ1) is 18.6. The summed E-state index contributed by atoms with van der Waals surface area (Å²) in [5.74, 6) is 2.68. The Balaban J connectivity index is 1.57. The largest absolute Gasteiger partial charge is 0.497 e. The normalized spacial score (nSPS) is 20.5. The fourth-order valence-corrected chi connectivity index (χ4v) is 4.43. The highest BCUT2D eigenvalue weighted by Gasteiger charge is 2.37. The van der Waals surface area contributed by atoms with Gasteiger partial charge in [0.2, 0.25) is 0 Å². The Kier molecular flexibility index (Phi) is 4.58. The van der Waals surface area contributed by atoms with Gasteiger partial charge in [-0.2, -0.15) is 0 Å². The summed E-state index contributed by atoms with van der Waals surface area (Å²) in [6, 6.07) is 19.6. The molecule has 3 aromatic rings. The second kappa shape index (κ2) is 7.41. The molecule has 0 radical (unpaired) electrons. The van der Waals surface area contributed by atoms with E-state index in [0.29, 0.717) is 6.42 Å². The summed E-state index contributed by atoms with van der Waals surface area (Å²) in [7, 11) is 1.66. The fraction of sp³-hybridized carbons (Fsp3) is 0.240. The van der Waals surface area contributed by atoms with E-state index in [2.05, 4.69) is 22.8 Å². The molecule has 0 spiro atoms. The number of ketones is 1. The van der Waals surface area contributed by atoms with Crippen LogP contribution >= 0.6 is 0 Å². The minimum atomic E-state index is -0.311. The van der Waals surface area contributed by atoms with Crippen molar-refractivity contribution in [1.29, 1.82) is 0 Å². The topological polar surface area (TPSA) is 63.5 Å². The lowest BCUT2D eigenvalue weighted by atomic mass is 9.79. The van der Waals surface area contributed by atoms with Crippen molar-refractivity contribution in [3.8, 4) is 5.75 Å². The number of fused-ring (bicyclic) bond motifs is 1. The molecule has 1 aliphatic heterocycles. The summed E-state index contributed by atoms with van der Waals surface area (Å²) >= 11 is 0. The molecule has 1 aliphatic carbocycles. The summed E-state index contributed by atoms with van der Waals surface area (Å²) in [5, 5.41) is 7.09. The summed E-state index contributed by atoms with van der Waals surface area (Å²) in [6.07, 6.45) is 1.24. The van der Waals surface area contributed by atoms with E-state index < -0.39 is 0 Å². The number of carbonyl (C=O) groups is 1. The van der Waals surface area contributed by atoms with Crippen LogP contribution < -0.4 is 15.4 Å². The first-order valence-corrected chi connectivity index (χ1v) is 10.2. The van der Waals surface area contributed by atoms with Gasteiger partial charge < -0.3 is 19.8 Å². The number of hydrogen-bond acceptors (Lipinski definition) is 5. The van der Waals surface area contributed by atoms with Gasteiger partial charge in [-0.15, -0.1) is 0 Å². The zero-order valence-electron chi connectivity index (χ0n) is 17.1. The number of benzene rings is 2. The maximum absolute atomic E-state index is 13.4. The van der Waals surface area contributed by atoms with Crippen LogP contribution in [0.25, 0.3) is 0 Å². The Bertz CT molecular complexity index is 1130. The summed E-state index contributed by atoms with van der Waals surface area (Å²) in [6.45, 7) is 1.92. The molecule has 2 unspecified atom stereocenters. The van der Waals surface area contributed by atoms with Gasteiger partial charge in [-0.1, -0.05) is 24.3 Å². The van der Waals surface area contributed by atoms with E-state index in [-0.39, 0.29) is 17.7 Å². The van der Waals surface area contributed by atoms with Gasteiger partial charge in [0, 0.05) is 17.7 Å². The number of anilines is 2. The highest BCUT2D eigenvalue weighted by atomic mass is 16.5. The quantitative estimate of drug-likeness (QED) is 0.601. The number of ether oxygens (including phenoxy) is 1. The molecule has 30 heavy (non-hydrogen) atoms. The van der Waals surface area contributed by atoms with Crippen LogP contribution in [0.3, 0.4) is 0 Å². The minimum absolute atomic E-state index is 0.124. The maximum atomic E-state index is 13.4. The maximum Gasteiger partial charge on any atom is 0.163 e. The van der Waals surface area contributed by atoms with Crippen molar-refractivity contribution in [2.24, 2.45) is 0 Å². The zero-order chi connectivity index (χ0) is 20.7. The second-order valence-corrected chi connectivity index (χ2v) is 7.89. The van der Waals surface area contributed by atoms with Gasteiger partial charge in [0.1, 0.15) is 23.3 Å². The molecule has 2 atom stereocenters. The Morgan fingerprint density at radius 3 is 2.43 bits per heavy atom. The van der Waals surface area contributed by atoms with Crippen molar-refractivity contribution in [2.45, 2.75) is 31.7 Å². The van der Waals surface area contributed by atoms with Crippen LogP contribution in [0.15, 0.2) is 76.4 Å². The van der Waals surface area contributed by atoms with Crippen molar-refractivity contribution >= 4 is 17.2 Å². The Morgan fingerprint density at radius 2 is 1.73 bits per heavy atom. The number of rotatable bonds is 3. The Morgan fingerprint density at radius 1 is 0.967 bits per heavy atom. The first-order valence-electron chi connectivity index (χ1n) is 10.2. The molecule has 152 valence electrons. The third-order valence-corrected chi connectivity index (χ3v) is 5.94. The van der Waals surface area contributed by atoms with E-state index in [1.807, 2.05) is 55.5 Å². The molecule has 2 aliphatic rings. The fourth-order valence-electron chi connectivity index (χ4n) is 4.43. The Hall–Kier alpha value is -3.47. The highest BCUT2D eigenvalue weighted by Crippen LogP contribution is 2.44. The molecule has 2 N–H and O–H groups in total. The smallest absolute Gasteiger partial charge is 0.163 e. The lowest BCUT2D eigenvalue weighted by Crippen LogP contribution is -2.26. The number of carbonyl (C=O) groups excluding carboxylic acids is 1. The number of hydrogen-bond donors (Lipinski definition) is 2.